The number of hydrogen-bond acceptors (Lipinski definition) is 9. The summed E-state index contributed by atoms with van der Waals surface area (Å²) in [6.45, 7) is 3.20. The van der Waals surface area contributed by atoms with Crippen LogP contribution in [0.4, 0.5) is 5.69 Å². The number of hydrogen-bond donors (Lipinski definition) is 2. The smallest absolute Gasteiger partial charge is 0.301 e. The molecule has 14 heteroatoms. The molecular formula is C27H33N2O8S4+. The van der Waals surface area contributed by atoms with Crippen LogP contribution in [-0.2, 0) is 32.2 Å². The molecule has 1 unspecified atom stereocenters. The van der Waals surface area contributed by atoms with Gasteiger partial charge in [-0.3, -0.25) is 13.3 Å². The second kappa shape index (κ2) is 14.1. The van der Waals surface area contributed by atoms with Crippen molar-refractivity contribution in [3.05, 3.63) is 58.1 Å². The van der Waals surface area contributed by atoms with Crippen molar-refractivity contribution in [2.75, 3.05) is 38.0 Å². The Morgan fingerprint density at radius 1 is 1.12 bits per heavy atom. The number of ether oxygens (including phenoxy) is 2. The number of benzene rings is 2. The lowest BCUT2D eigenvalue weighted by Crippen LogP contribution is -2.36. The maximum absolute atomic E-state index is 11.4. The quantitative estimate of drug-likeness (QED) is 0.104. The Morgan fingerprint density at radius 2 is 1.85 bits per heavy atom. The molecule has 0 spiro atoms. The van der Waals surface area contributed by atoms with Crippen LogP contribution < -0.4 is 18.9 Å². The van der Waals surface area contributed by atoms with E-state index in [-0.39, 0.29) is 18.8 Å². The fourth-order valence-corrected chi connectivity index (χ4v) is 7.46. The monoisotopic (exact) mass is 641 g/mol. The minimum absolute atomic E-state index is 0.141. The van der Waals surface area contributed by atoms with Crippen LogP contribution in [0.3, 0.4) is 0 Å². The van der Waals surface area contributed by atoms with E-state index in [2.05, 4.69) is 28.5 Å². The molecule has 0 aliphatic carbocycles. The van der Waals surface area contributed by atoms with Gasteiger partial charge in [0.15, 0.2) is 6.54 Å². The first-order valence-electron chi connectivity index (χ1n) is 12.9. The number of allylic oxidation sites excluding steroid dienone is 2. The molecule has 2 aromatic carbocycles. The highest BCUT2D eigenvalue weighted by Gasteiger charge is 2.26. The molecule has 0 saturated carbocycles. The van der Waals surface area contributed by atoms with Gasteiger partial charge in [0.05, 0.1) is 43.4 Å². The minimum atomic E-state index is -4.07. The number of fused-ring (bicyclic) bond motifs is 2. The zero-order chi connectivity index (χ0) is 29.6. The fourth-order valence-electron chi connectivity index (χ4n) is 4.41. The van der Waals surface area contributed by atoms with Gasteiger partial charge >= 0.3 is 11.4 Å². The van der Waals surface area contributed by atoms with Crippen molar-refractivity contribution in [1.29, 1.82) is 0 Å². The van der Waals surface area contributed by atoms with Crippen molar-refractivity contribution < 1.29 is 40.0 Å². The summed E-state index contributed by atoms with van der Waals surface area (Å²) >= 11 is 0.934. The second-order valence-corrected chi connectivity index (χ2v) is 13.5. The van der Waals surface area contributed by atoms with E-state index < -0.39 is 21.5 Å². The van der Waals surface area contributed by atoms with Gasteiger partial charge in [-0.25, -0.2) is 0 Å². The van der Waals surface area contributed by atoms with E-state index in [0.29, 0.717) is 25.3 Å². The molecule has 0 amide bonds. The molecule has 0 saturated heterocycles. The highest BCUT2D eigenvalue weighted by molar-refractivity contribution is 8.03. The largest absolute Gasteiger partial charge is 0.497 e. The Bertz CT molecular complexity index is 1580. The molecule has 1 aliphatic rings. The van der Waals surface area contributed by atoms with Gasteiger partial charge in [0.2, 0.25) is 5.52 Å². The third-order valence-corrected chi connectivity index (χ3v) is 9.79. The first-order chi connectivity index (χ1) is 19.6. The number of nitrogens with zero attached hydrogens (tertiary/aromatic N) is 2. The van der Waals surface area contributed by atoms with E-state index in [9.17, 15) is 17.2 Å². The topological polar surface area (TPSA) is 126 Å². The van der Waals surface area contributed by atoms with Crippen LogP contribution in [0, 0.1) is 0 Å². The number of aryl methyl sites for hydroxylation is 1. The molecule has 41 heavy (non-hydrogen) atoms. The summed E-state index contributed by atoms with van der Waals surface area (Å²) < 4.78 is 70.7. The average molecular weight is 642 g/mol. The molecule has 1 aromatic heterocycles. The predicted molar refractivity (Wildman–Crippen MR) is 163 cm³/mol. The normalized spacial score (nSPS) is 15.5. The van der Waals surface area contributed by atoms with Crippen LogP contribution in [0.15, 0.2) is 58.0 Å². The molecule has 0 radical (unpaired) electrons. The van der Waals surface area contributed by atoms with Gasteiger partial charge in [-0.15, -0.1) is 0 Å². The molecule has 2 N–H and O–H groups in total. The maximum atomic E-state index is 11.4. The summed E-state index contributed by atoms with van der Waals surface area (Å²) in [7, 11) is -0.841. The number of thiazole rings is 1. The Morgan fingerprint density at radius 3 is 2.54 bits per heavy atom. The van der Waals surface area contributed by atoms with Gasteiger partial charge in [0.25, 0.3) is 15.1 Å². The fraction of sp³-hybridized carbons (Fsp3) is 0.370. The maximum Gasteiger partial charge on any atom is 0.301 e. The predicted octanol–water partition coefficient (Wildman–Crippen LogP) is 5.27. The third kappa shape index (κ3) is 8.31. The number of aromatic nitrogens is 1. The zero-order valence-electron chi connectivity index (χ0n) is 22.9. The number of methoxy groups -OCH3 is 2. The molecule has 3 aromatic rings. The van der Waals surface area contributed by atoms with Crippen LogP contribution in [0.2, 0.25) is 0 Å². The standard InChI is InChI=1S/C27H32N2O8S4/c1-4-19(15-26-28(11-5-13-37-40(30)31)22-17-20(35-2)7-9-24(22)38-26)16-27-29(12-6-14-41(32,33)34)23-18-21(36-3)8-10-25(23)39-27/h7-10,15-18H,4-6,11-14H2,1-3H3,(H-,30,31,32,33,34)/p+1. The SMILES string of the molecule is CCC(=Cc1sc2ccc(OC)cc2[n+]1CCCS(=O)(=O)O)C=C1Sc2ccc(OC)cc2N1CCCOS(=O)O. The summed E-state index contributed by atoms with van der Waals surface area (Å²) in [4.78, 5) is 3.24. The van der Waals surface area contributed by atoms with Crippen molar-refractivity contribution >= 4 is 66.6 Å². The van der Waals surface area contributed by atoms with E-state index in [1.807, 2.05) is 36.4 Å². The first kappa shape index (κ1) is 31.5. The lowest BCUT2D eigenvalue weighted by Gasteiger charge is -2.21. The summed E-state index contributed by atoms with van der Waals surface area (Å²) in [5, 5.41) is 1.96. The molecule has 1 atom stereocenters. The highest BCUT2D eigenvalue weighted by Crippen LogP contribution is 2.48. The van der Waals surface area contributed by atoms with E-state index in [1.54, 1.807) is 37.3 Å². The molecule has 0 fully saturated rings. The number of thioether (sulfide) groups is 1. The lowest BCUT2D eigenvalue weighted by molar-refractivity contribution is -0.668. The van der Waals surface area contributed by atoms with Crippen molar-refractivity contribution in [3.63, 3.8) is 0 Å². The average Bonchev–Trinajstić information content (AvgIpc) is 3.45. The van der Waals surface area contributed by atoms with Crippen LogP contribution in [0.25, 0.3) is 16.3 Å². The summed E-state index contributed by atoms with van der Waals surface area (Å²) in [6, 6.07) is 11.7. The summed E-state index contributed by atoms with van der Waals surface area (Å²) in [5.41, 5.74) is 2.99. The van der Waals surface area contributed by atoms with Crippen molar-refractivity contribution in [2.45, 2.75) is 37.6 Å². The highest BCUT2D eigenvalue weighted by atomic mass is 32.2. The Hall–Kier alpha value is -2.46. The van der Waals surface area contributed by atoms with Crippen molar-refractivity contribution in [2.24, 2.45) is 0 Å². The molecule has 2 heterocycles. The van der Waals surface area contributed by atoms with Gasteiger partial charge < -0.3 is 14.4 Å². The van der Waals surface area contributed by atoms with E-state index in [1.165, 1.54) is 0 Å². The van der Waals surface area contributed by atoms with Crippen molar-refractivity contribution in [3.8, 4) is 11.5 Å². The summed E-state index contributed by atoms with van der Waals surface area (Å²) in [6.07, 6.45) is 5.79. The Kier molecular flexibility index (Phi) is 10.9. The molecule has 222 valence electrons. The molecule has 4 rings (SSSR count). The van der Waals surface area contributed by atoms with Gasteiger partial charge in [-0.2, -0.15) is 17.2 Å². The first-order valence-corrected chi connectivity index (χ1v) is 17.1. The van der Waals surface area contributed by atoms with Gasteiger partial charge in [-0.05, 0) is 48.8 Å². The van der Waals surface area contributed by atoms with E-state index in [4.69, 9.17) is 18.2 Å². The summed E-state index contributed by atoms with van der Waals surface area (Å²) in [5.74, 6) is 1.12. The van der Waals surface area contributed by atoms with Crippen LogP contribution in [0.5, 0.6) is 11.5 Å². The van der Waals surface area contributed by atoms with Crippen LogP contribution in [-0.4, -0.2) is 54.9 Å². The second-order valence-electron chi connectivity index (χ2n) is 9.10. The number of anilines is 1. The number of rotatable bonds is 14. The van der Waals surface area contributed by atoms with E-state index in [0.717, 1.165) is 48.6 Å². The van der Waals surface area contributed by atoms with Crippen LogP contribution >= 0.6 is 23.1 Å². The molecular weight excluding hydrogens is 609 g/mol. The Labute approximate surface area is 250 Å². The molecule has 1 aliphatic heterocycles. The van der Waals surface area contributed by atoms with Gasteiger partial charge in [0.1, 0.15) is 16.2 Å². The van der Waals surface area contributed by atoms with Crippen molar-refractivity contribution in [1.82, 2.24) is 0 Å². The zero-order valence-corrected chi connectivity index (χ0v) is 26.2. The minimum Gasteiger partial charge on any atom is -0.497 e. The van der Waals surface area contributed by atoms with Gasteiger partial charge in [0, 0.05) is 30.0 Å². The lowest BCUT2D eigenvalue weighted by atomic mass is 10.2. The van der Waals surface area contributed by atoms with Crippen LogP contribution in [0.1, 0.15) is 31.2 Å². The van der Waals surface area contributed by atoms with Gasteiger partial charge in [-0.1, -0.05) is 30.0 Å². The third-order valence-electron chi connectivity index (χ3n) is 6.40. The Balaban J connectivity index is 1.70. The molecule has 0 bridgehead atoms. The van der Waals surface area contributed by atoms with E-state index >= 15 is 0 Å². The molecule has 10 nitrogen and oxygen atoms in total.